The van der Waals surface area contributed by atoms with Gasteiger partial charge in [-0.05, 0) is 40.5 Å². The van der Waals surface area contributed by atoms with Crippen molar-refractivity contribution in [3.8, 4) is 0 Å². The number of nitrogens with zero attached hydrogens (tertiary/aromatic N) is 1. The summed E-state index contributed by atoms with van der Waals surface area (Å²) < 4.78 is 0. The van der Waals surface area contributed by atoms with Gasteiger partial charge >= 0.3 is 0 Å². The van der Waals surface area contributed by atoms with Crippen LogP contribution < -0.4 is 0 Å². The molecule has 0 unspecified atom stereocenters. The molecule has 0 aromatic heterocycles. The molecule has 1 aliphatic rings. The van der Waals surface area contributed by atoms with Gasteiger partial charge in [0.05, 0.1) is 6.10 Å². The van der Waals surface area contributed by atoms with Crippen molar-refractivity contribution in [1.82, 2.24) is 5.06 Å². The topological polar surface area (TPSA) is 43.4 Å². The molecule has 71 valence electrons. The first-order chi connectivity index (χ1) is 5.26. The summed E-state index contributed by atoms with van der Waals surface area (Å²) in [5.41, 5.74) is -0.859. The quantitative estimate of drug-likeness (QED) is 0.562. The summed E-state index contributed by atoms with van der Waals surface area (Å²) in [4.78, 5) is 0. The molecule has 0 bridgehead atoms. The number of piperidine rings is 1. The van der Waals surface area contributed by atoms with E-state index in [1.54, 1.807) is 0 Å². The molecule has 0 aromatic carbocycles. The Hall–Kier alpha value is -0.120. The van der Waals surface area contributed by atoms with Gasteiger partial charge in [0.1, 0.15) is 0 Å². The molecule has 1 fully saturated rings. The third-order valence-corrected chi connectivity index (χ3v) is 2.57. The Kier molecular flexibility index (Phi) is 2.23. The largest absolute Gasteiger partial charge is 0.393 e. The molecular formula is C9H18NO2. The lowest BCUT2D eigenvalue weighted by Crippen LogP contribution is -2.59. The predicted molar refractivity (Wildman–Crippen MR) is 45.9 cm³/mol. The van der Waals surface area contributed by atoms with Gasteiger partial charge in [-0.15, -0.1) is 10.3 Å². The van der Waals surface area contributed by atoms with Crippen LogP contribution in [0, 0.1) is 0 Å². The normalized spacial score (nSPS) is 30.5. The number of hydrogen-bond donors (Lipinski definition) is 1. The molecule has 1 saturated heterocycles. The van der Waals surface area contributed by atoms with Gasteiger partial charge < -0.3 is 5.11 Å². The van der Waals surface area contributed by atoms with Crippen LogP contribution in [0.15, 0.2) is 0 Å². The van der Waals surface area contributed by atoms with E-state index in [1.165, 1.54) is 0 Å². The SMILES string of the molecule is CC1(C)CC(O)CC(C)(C)[15N]1[O]. The van der Waals surface area contributed by atoms with Crippen molar-refractivity contribution in [3.05, 3.63) is 0 Å². The highest BCUT2D eigenvalue weighted by Crippen LogP contribution is 2.36. The van der Waals surface area contributed by atoms with Crippen molar-refractivity contribution in [2.45, 2.75) is 57.7 Å². The van der Waals surface area contributed by atoms with Gasteiger partial charge in [-0.1, -0.05) is 0 Å². The molecule has 0 aliphatic carbocycles. The summed E-state index contributed by atoms with van der Waals surface area (Å²) in [6, 6.07) is 0. The first kappa shape index (κ1) is 9.96. The maximum absolute atomic E-state index is 11.7. The van der Waals surface area contributed by atoms with Gasteiger partial charge in [-0.25, -0.2) is 0 Å². The Morgan fingerprint density at radius 3 is 1.83 bits per heavy atom. The number of hydroxylamine groups is 2. The Morgan fingerprint density at radius 1 is 1.17 bits per heavy atom. The molecule has 1 heterocycles. The van der Waals surface area contributed by atoms with Crippen molar-refractivity contribution in [2.75, 3.05) is 0 Å². The van der Waals surface area contributed by atoms with E-state index >= 15 is 0 Å². The Labute approximate surface area is 74.0 Å². The minimum Gasteiger partial charge on any atom is -0.393 e. The molecule has 3 heteroatoms. The molecule has 1 N–H and O–H groups in total. The third-order valence-electron chi connectivity index (χ3n) is 2.57. The fourth-order valence-electron chi connectivity index (χ4n) is 2.21. The molecular weight excluding hydrogens is 155 g/mol. The predicted octanol–water partition coefficient (Wildman–Crippen LogP) is 1.35. The number of rotatable bonds is 0. The van der Waals surface area contributed by atoms with E-state index in [0.717, 1.165) is 5.06 Å². The third kappa shape index (κ3) is 1.63. The van der Waals surface area contributed by atoms with Crippen molar-refractivity contribution in [3.63, 3.8) is 0 Å². The van der Waals surface area contributed by atoms with Crippen molar-refractivity contribution in [1.29, 1.82) is 0 Å². The van der Waals surface area contributed by atoms with Crippen LogP contribution in [0.3, 0.4) is 0 Å². The number of aliphatic hydroxyl groups excluding tert-OH is 1. The standard InChI is InChI=1S/C9H18NO2/c1-8(2)5-7(11)6-9(3,4)10(8)12/h7,11H,5-6H2,1-4H3/i10+1. The van der Waals surface area contributed by atoms with Crippen molar-refractivity contribution >= 4 is 0 Å². The average Bonchev–Trinajstić information content (AvgIpc) is 1.80. The molecule has 0 saturated carbocycles. The summed E-state index contributed by atoms with van der Waals surface area (Å²) in [5, 5.41) is 22.4. The summed E-state index contributed by atoms with van der Waals surface area (Å²) >= 11 is 0. The Bertz CT molecular complexity index is 159. The molecule has 12 heavy (non-hydrogen) atoms. The van der Waals surface area contributed by atoms with E-state index in [1.807, 2.05) is 27.7 Å². The Morgan fingerprint density at radius 2 is 1.50 bits per heavy atom. The summed E-state index contributed by atoms with van der Waals surface area (Å²) in [5.74, 6) is 0. The molecule has 1 rings (SSSR count). The average molecular weight is 173 g/mol. The highest BCUT2D eigenvalue weighted by atomic mass is 16.8. The van der Waals surface area contributed by atoms with E-state index in [2.05, 4.69) is 0 Å². The van der Waals surface area contributed by atoms with E-state index in [-0.39, 0.29) is 6.10 Å². The van der Waals surface area contributed by atoms with Gasteiger partial charge in [0.15, 0.2) is 0 Å². The second kappa shape index (κ2) is 2.69. The molecule has 3 nitrogen and oxygen atoms in total. The van der Waals surface area contributed by atoms with E-state index in [4.69, 9.17) is 0 Å². The lowest BCUT2D eigenvalue weighted by Gasteiger charge is -2.48. The van der Waals surface area contributed by atoms with Crippen LogP contribution in [0.4, 0.5) is 0 Å². The maximum atomic E-state index is 11.7. The lowest BCUT2D eigenvalue weighted by molar-refractivity contribution is -0.298. The van der Waals surface area contributed by atoms with Gasteiger partial charge in [0.2, 0.25) is 0 Å². The van der Waals surface area contributed by atoms with E-state index < -0.39 is 11.1 Å². The molecule has 0 spiro atoms. The van der Waals surface area contributed by atoms with Gasteiger partial charge in [-0.3, -0.25) is 0 Å². The second-order valence-electron chi connectivity index (χ2n) is 4.98. The van der Waals surface area contributed by atoms with Crippen molar-refractivity contribution in [2.24, 2.45) is 0 Å². The smallest absolute Gasteiger partial charge is 0.0576 e. The van der Waals surface area contributed by atoms with Crippen LogP contribution in [-0.4, -0.2) is 27.4 Å². The van der Waals surface area contributed by atoms with Crippen molar-refractivity contribution < 1.29 is 10.3 Å². The van der Waals surface area contributed by atoms with Crippen LogP contribution in [0.1, 0.15) is 40.5 Å². The van der Waals surface area contributed by atoms with E-state index in [9.17, 15) is 10.3 Å². The number of aliphatic hydroxyl groups is 1. The molecule has 0 atom stereocenters. The van der Waals surface area contributed by atoms with Crippen LogP contribution >= 0.6 is 0 Å². The highest BCUT2D eigenvalue weighted by Gasteiger charge is 2.45. The second-order valence-corrected chi connectivity index (χ2v) is 4.98. The zero-order valence-corrected chi connectivity index (χ0v) is 8.29. The highest BCUT2D eigenvalue weighted by molar-refractivity contribution is 4.95. The van der Waals surface area contributed by atoms with E-state index in [0.29, 0.717) is 12.8 Å². The van der Waals surface area contributed by atoms with Crippen LogP contribution in [0.2, 0.25) is 0 Å². The zero-order valence-electron chi connectivity index (χ0n) is 8.29. The fourth-order valence-corrected chi connectivity index (χ4v) is 2.21. The van der Waals surface area contributed by atoms with Crippen LogP contribution in [-0.2, 0) is 5.21 Å². The summed E-state index contributed by atoms with van der Waals surface area (Å²) in [7, 11) is 0. The van der Waals surface area contributed by atoms with Crippen LogP contribution in [0.5, 0.6) is 0 Å². The summed E-state index contributed by atoms with van der Waals surface area (Å²) in [6.07, 6.45) is 0.806. The lowest BCUT2D eigenvalue weighted by atomic mass is 9.84. The first-order valence-corrected chi connectivity index (χ1v) is 4.41. The minimum absolute atomic E-state index is 0.333. The van der Waals surface area contributed by atoms with Gasteiger partial charge in [-0.2, -0.15) is 0 Å². The zero-order chi connectivity index (χ0) is 9.57. The molecule has 1 aliphatic heterocycles. The molecule has 0 amide bonds. The molecule has 0 aromatic rings. The monoisotopic (exact) mass is 173 g/mol. The van der Waals surface area contributed by atoms with Gasteiger partial charge in [0.25, 0.3) is 0 Å². The fraction of sp³-hybridized carbons (Fsp3) is 1.00. The summed E-state index contributed by atoms with van der Waals surface area (Å²) in [6.45, 7) is 7.52. The minimum atomic E-state index is -0.429. The van der Waals surface area contributed by atoms with Gasteiger partial charge in [0, 0.05) is 11.1 Å². The Balaban J connectivity index is 2.84. The van der Waals surface area contributed by atoms with Crippen LogP contribution in [0.25, 0.3) is 0 Å². The maximum Gasteiger partial charge on any atom is 0.0576 e. The molecule has 1 radical (unpaired) electrons. The number of hydrogen-bond acceptors (Lipinski definition) is 2. The first-order valence-electron chi connectivity index (χ1n) is 4.41.